The van der Waals surface area contributed by atoms with Gasteiger partial charge in [0.2, 0.25) is 0 Å². The molecular weight excluding hydrogens is 212 g/mol. The maximum absolute atomic E-state index is 4.65. The van der Waals surface area contributed by atoms with E-state index in [0.717, 1.165) is 41.0 Å². The Morgan fingerprint density at radius 1 is 1.35 bits per heavy atom. The first-order valence-electron chi connectivity index (χ1n) is 6.01. The zero-order valence-electron chi connectivity index (χ0n) is 10.4. The highest BCUT2D eigenvalue weighted by Gasteiger charge is 2.22. The van der Waals surface area contributed by atoms with E-state index in [-0.39, 0.29) is 0 Å². The van der Waals surface area contributed by atoms with Crippen LogP contribution in [0.3, 0.4) is 0 Å². The number of aryl methyl sites for hydroxylation is 2. The maximum Gasteiger partial charge on any atom is 0.141 e. The van der Waals surface area contributed by atoms with Crippen LogP contribution in [0.25, 0.3) is 10.9 Å². The molecule has 1 aliphatic rings. The SMILES string of the molecule is Cc1cc2ncnc3c2c(n1)CCC(C)N3C. The molecule has 0 N–H and O–H groups in total. The quantitative estimate of drug-likeness (QED) is 0.692. The minimum absolute atomic E-state index is 0.489. The third-order valence-electron chi connectivity index (χ3n) is 3.60. The summed E-state index contributed by atoms with van der Waals surface area (Å²) in [5, 5.41) is 1.13. The highest BCUT2D eigenvalue weighted by atomic mass is 15.2. The van der Waals surface area contributed by atoms with E-state index in [2.05, 4.69) is 33.8 Å². The Morgan fingerprint density at radius 3 is 3.00 bits per heavy atom. The van der Waals surface area contributed by atoms with E-state index >= 15 is 0 Å². The fraction of sp³-hybridized carbons (Fsp3) is 0.462. The second-order valence-corrected chi connectivity index (χ2v) is 4.80. The van der Waals surface area contributed by atoms with Crippen LogP contribution >= 0.6 is 0 Å². The molecule has 0 saturated heterocycles. The zero-order valence-corrected chi connectivity index (χ0v) is 10.4. The van der Waals surface area contributed by atoms with E-state index in [1.54, 1.807) is 6.33 Å². The van der Waals surface area contributed by atoms with Crippen molar-refractivity contribution in [1.29, 1.82) is 0 Å². The normalized spacial score (nSPS) is 19.5. The molecule has 0 aliphatic carbocycles. The first kappa shape index (κ1) is 10.4. The molecule has 1 unspecified atom stereocenters. The smallest absolute Gasteiger partial charge is 0.141 e. The van der Waals surface area contributed by atoms with Crippen molar-refractivity contribution in [1.82, 2.24) is 15.0 Å². The van der Waals surface area contributed by atoms with Crippen LogP contribution in [-0.2, 0) is 6.42 Å². The van der Waals surface area contributed by atoms with Crippen molar-refractivity contribution in [2.75, 3.05) is 11.9 Å². The predicted molar refractivity (Wildman–Crippen MR) is 68.3 cm³/mol. The first-order valence-corrected chi connectivity index (χ1v) is 6.01. The summed E-state index contributed by atoms with van der Waals surface area (Å²) in [4.78, 5) is 15.7. The standard InChI is InChI=1S/C13H16N4/c1-8-6-11-12-10(16-8)5-4-9(2)17(3)13(12)15-7-14-11/h6-7,9H,4-5H2,1-3H3. The molecule has 0 spiro atoms. The highest BCUT2D eigenvalue weighted by Crippen LogP contribution is 2.31. The van der Waals surface area contributed by atoms with Crippen LogP contribution in [0.4, 0.5) is 5.82 Å². The lowest BCUT2D eigenvalue weighted by Gasteiger charge is -2.24. The Labute approximate surface area is 101 Å². The summed E-state index contributed by atoms with van der Waals surface area (Å²) in [6.07, 6.45) is 3.76. The maximum atomic E-state index is 4.65. The van der Waals surface area contributed by atoms with E-state index in [9.17, 15) is 0 Å². The van der Waals surface area contributed by atoms with Gasteiger partial charge in [-0.3, -0.25) is 4.98 Å². The molecule has 0 bridgehead atoms. The van der Waals surface area contributed by atoms with Crippen LogP contribution < -0.4 is 4.90 Å². The van der Waals surface area contributed by atoms with Crippen LogP contribution in [0.15, 0.2) is 12.4 Å². The van der Waals surface area contributed by atoms with Crippen molar-refractivity contribution in [2.45, 2.75) is 32.7 Å². The Morgan fingerprint density at radius 2 is 2.18 bits per heavy atom. The molecule has 3 rings (SSSR count). The number of aromatic nitrogens is 3. The number of pyridine rings is 1. The van der Waals surface area contributed by atoms with Crippen LogP contribution in [-0.4, -0.2) is 28.0 Å². The largest absolute Gasteiger partial charge is 0.356 e. The van der Waals surface area contributed by atoms with Crippen molar-refractivity contribution in [3.05, 3.63) is 23.8 Å². The highest BCUT2D eigenvalue weighted by molar-refractivity contribution is 5.92. The number of nitrogens with zero attached hydrogens (tertiary/aromatic N) is 4. The van der Waals surface area contributed by atoms with Gasteiger partial charge in [0, 0.05) is 18.8 Å². The molecule has 2 aromatic rings. The number of hydrogen-bond acceptors (Lipinski definition) is 4. The first-order chi connectivity index (χ1) is 8.16. The summed E-state index contributed by atoms with van der Waals surface area (Å²) in [5.41, 5.74) is 3.19. The Balaban J connectivity index is 2.37. The van der Waals surface area contributed by atoms with Crippen LogP contribution in [0.1, 0.15) is 24.7 Å². The van der Waals surface area contributed by atoms with Crippen molar-refractivity contribution in [3.8, 4) is 0 Å². The molecule has 0 fully saturated rings. The van der Waals surface area contributed by atoms with E-state index in [0.29, 0.717) is 6.04 Å². The third-order valence-corrected chi connectivity index (χ3v) is 3.60. The summed E-state index contributed by atoms with van der Waals surface area (Å²) >= 11 is 0. The zero-order chi connectivity index (χ0) is 12.0. The van der Waals surface area contributed by atoms with Gasteiger partial charge in [-0.2, -0.15) is 0 Å². The second kappa shape index (κ2) is 3.65. The molecule has 3 heterocycles. The van der Waals surface area contributed by atoms with Gasteiger partial charge in [0.05, 0.1) is 16.6 Å². The average Bonchev–Trinajstić information content (AvgIpc) is 2.43. The molecule has 4 nitrogen and oxygen atoms in total. The third kappa shape index (κ3) is 1.55. The summed E-state index contributed by atoms with van der Waals surface area (Å²) in [5.74, 6) is 1.02. The van der Waals surface area contributed by atoms with Gasteiger partial charge in [-0.25, -0.2) is 9.97 Å². The number of rotatable bonds is 0. The van der Waals surface area contributed by atoms with E-state index < -0.39 is 0 Å². The van der Waals surface area contributed by atoms with Crippen LogP contribution in [0.2, 0.25) is 0 Å². The molecule has 0 radical (unpaired) electrons. The van der Waals surface area contributed by atoms with Gasteiger partial charge in [0.1, 0.15) is 12.1 Å². The van der Waals surface area contributed by atoms with E-state index in [4.69, 9.17) is 0 Å². The molecule has 0 aromatic carbocycles. The van der Waals surface area contributed by atoms with Gasteiger partial charge in [-0.15, -0.1) is 0 Å². The fourth-order valence-corrected chi connectivity index (χ4v) is 2.47. The Hall–Kier alpha value is -1.71. The van der Waals surface area contributed by atoms with E-state index in [1.807, 2.05) is 13.0 Å². The Kier molecular flexibility index (Phi) is 2.24. The Bertz CT molecular complexity index is 579. The summed E-state index contributed by atoms with van der Waals surface area (Å²) in [6, 6.07) is 2.52. The van der Waals surface area contributed by atoms with Crippen LogP contribution in [0.5, 0.6) is 0 Å². The van der Waals surface area contributed by atoms with Crippen molar-refractivity contribution in [2.24, 2.45) is 0 Å². The number of anilines is 1. The minimum Gasteiger partial charge on any atom is -0.356 e. The fourth-order valence-electron chi connectivity index (χ4n) is 2.47. The lowest BCUT2D eigenvalue weighted by Crippen LogP contribution is -2.28. The predicted octanol–water partition coefficient (Wildman–Crippen LogP) is 2.10. The lowest BCUT2D eigenvalue weighted by atomic mass is 10.1. The molecule has 88 valence electrons. The van der Waals surface area contributed by atoms with Crippen molar-refractivity contribution < 1.29 is 0 Å². The molecule has 2 aromatic heterocycles. The minimum atomic E-state index is 0.489. The summed E-state index contributed by atoms with van der Waals surface area (Å²) < 4.78 is 0. The second-order valence-electron chi connectivity index (χ2n) is 4.80. The monoisotopic (exact) mass is 228 g/mol. The van der Waals surface area contributed by atoms with Gasteiger partial charge in [0.15, 0.2) is 0 Å². The van der Waals surface area contributed by atoms with Crippen molar-refractivity contribution >= 4 is 16.7 Å². The molecule has 0 saturated carbocycles. The number of hydrogen-bond donors (Lipinski definition) is 0. The average molecular weight is 228 g/mol. The molecule has 1 aliphatic heterocycles. The van der Waals surface area contributed by atoms with Crippen molar-refractivity contribution in [3.63, 3.8) is 0 Å². The topological polar surface area (TPSA) is 41.9 Å². The van der Waals surface area contributed by atoms with Gasteiger partial charge in [-0.1, -0.05) is 0 Å². The lowest BCUT2D eigenvalue weighted by molar-refractivity contribution is 0.627. The molecule has 0 amide bonds. The van der Waals surface area contributed by atoms with Gasteiger partial charge in [-0.05, 0) is 32.8 Å². The summed E-state index contributed by atoms with van der Waals surface area (Å²) in [7, 11) is 2.10. The van der Waals surface area contributed by atoms with E-state index in [1.165, 1.54) is 0 Å². The van der Waals surface area contributed by atoms with Gasteiger partial charge >= 0.3 is 0 Å². The van der Waals surface area contributed by atoms with Gasteiger partial charge in [0.25, 0.3) is 0 Å². The molecular formula is C13H16N4. The summed E-state index contributed by atoms with van der Waals surface area (Å²) in [6.45, 7) is 4.25. The van der Waals surface area contributed by atoms with Crippen LogP contribution in [0, 0.1) is 6.92 Å². The van der Waals surface area contributed by atoms with Gasteiger partial charge < -0.3 is 4.90 Å². The molecule has 1 atom stereocenters. The molecule has 17 heavy (non-hydrogen) atoms. The molecule has 4 heteroatoms.